The molecular weight excluding hydrogens is 355 g/mol. The van der Waals surface area contributed by atoms with Crippen LogP contribution in [0.1, 0.15) is 12.0 Å². The molecule has 1 aliphatic rings. The predicted octanol–water partition coefficient (Wildman–Crippen LogP) is 4.19. The molecule has 0 unspecified atom stereocenters. The van der Waals surface area contributed by atoms with Crippen molar-refractivity contribution in [3.05, 3.63) is 72.6 Å². The van der Waals surface area contributed by atoms with Crippen LogP contribution in [0.25, 0.3) is 11.1 Å². The Balaban J connectivity index is 1.63. The summed E-state index contributed by atoms with van der Waals surface area (Å²) in [6, 6.07) is 16.0. The number of hydrogen-bond acceptors (Lipinski definition) is 3. The molecule has 4 nitrogen and oxygen atoms in total. The van der Waals surface area contributed by atoms with Crippen molar-refractivity contribution in [3.8, 4) is 16.9 Å². The van der Waals surface area contributed by atoms with Gasteiger partial charge in [-0.15, -0.1) is 13.2 Å². The second kappa shape index (κ2) is 6.74. The quantitative estimate of drug-likeness (QED) is 0.746. The third kappa shape index (κ3) is 3.55. The monoisotopic (exact) mass is 373 g/mol. The van der Waals surface area contributed by atoms with Crippen LogP contribution < -0.4 is 10.1 Å². The molecule has 27 heavy (non-hydrogen) atoms. The Morgan fingerprint density at radius 3 is 2.37 bits per heavy atom. The van der Waals surface area contributed by atoms with Gasteiger partial charge in [-0.25, -0.2) is 0 Å². The van der Waals surface area contributed by atoms with Crippen molar-refractivity contribution in [1.82, 2.24) is 15.1 Å². The second-order valence-electron chi connectivity index (χ2n) is 6.57. The van der Waals surface area contributed by atoms with E-state index in [1.807, 2.05) is 29.1 Å². The molecule has 0 saturated carbocycles. The maximum atomic E-state index is 12.3. The molecule has 1 aliphatic heterocycles. The van der Waals surface area contributed by atoms with Crippen LogP contribution >= 0.6 is 0 Å². The third-order valence-corrected chi connectivity index (χ3v) is 4.89. The van der Waals surface area contributed by atoms with Crippen molar-refractivity contribution in [1.29, 1.82) is 0 Å². The van der Waals surface area contributed by atoms with Gasteiger partial charge in [-0.1, -0.05) is 42.5 Å². The lowest BCUT2D eigenvalue weighted by atomic mass is 9.89. The molecule has 0 bridgehead atoms. The lowest BCUT2D eigenvalue weighted by Crippen LogP contribution is -2.37. The summed E-state index contributed by atoms with van der Waals surface area (Å²) in [5.74, 6) is -0.237. The number of halogens is 3. The molecule has 1 saturated heterocycles. The van der Waals surface area contributed by atoms with E-state index in [1.54, 1.807) is 18.3 Å². The number of aromatic nitrogens is 2. The first-order valence-electron chi connectivity index (χ1n) is 8.64. The molecule has 3 aromatic rings. The number of hydrogen-bond donors (Lipinski definition) is 1. The summed E-state index contributed by atoms with van der Waals surface area (Å²) in [5, 5.41) is 7.97. The normalized spacial score (nSPS) is 20.0. The second-order valence-corrected chi connectivity index (χ2v) is 6.57. The van der Waals surface area contributed by atoms with E-state index in [2.05, 4.69) is 27.3 Å². The van der Waals surface area contributed by atoms with Crippen LogP contribution in [0.4, 0.5) is 13.2 Å². The summed E-state index contributed by atoms with van der Waals surface area (Å²) in [4.78, 5) is 0. The zero-order valence-electron chi connectivity index (χ0n) is 14.4. The molecule has 1 atom stereocenters. The fraction of sp³-hybridized carbons (Fsp3) is 0.250. The molecule has 2 aromatic carbocycles. The van der Waals surface area contributed by atoms with E-state index in [-0.39, 0.29) is 11.3 Å². The Morgan fingerprint density at radius 2 is 1.74 bits per heavy atom. The molecule has 0 amide bonds. The number of nitrogens with zero attached hydrogens (tertiary/aromatic N) is 2. The van der Waals surface area contributed by atoms with Gasteiger partial charge in [0.25, 0.3) is 0 Å². The maximum absolute atomic E-state index is 12.3. The highest BCUT2D eigenvalue weighted by Crippen LogP contribution is 2.34. The Bertz CT molecular complexity index is 898. The molecule has 0 spiro atoms. The van der Waals surface area contributed by atoms with E-state index >= 15 is 0 Å². The van der Waals surface area contributed by atoms with Gasteiger partial charge in [0.1, 0.15) is 11.3 Å². The minimum absolute atomic E-state index is 0.237. The zero-order chi connectivity index (χ0) is 18.9. The number of ether oxygens (including phenoxy) is 1. The molecular formula is C20H18F3N3O. The number of nitrogens with one attached hydrogen (secondary N) is 1. The largest absolute Gasteiger partial charge is 0.573 e. The third-order valence-electron chi connectivity index (χ3n) is 4.89. The minimum atomic E-state index is -4.69. The van der Waals surface area contributed by atoms with Crippen LogP contribution in [0.5, 0.6) is 5.75 Å². The van der Waals surface area contributed by atoms with E-state index in [4.69, 9.17) is 0 Å². The first-order chi connectivity index (χ1) is 13.0. The Labute approximate surface area is 154 Å². The number of benzene rings is 2. The number of alkyl halides is 3. The summed E-state index contributed by atoms with van der Waals surface area (Å²) in [5.41, 5.74) is 2.54. The molecule has 1 N–H and O–H groups in total. The zero-order valence-corrected chi connectivity index (χ0v) is 14.4. The lowest BCUT2D eigenvalue weighted by molar-refractivity contribution is -0.274. The smallest absolute Gasteiger partial charge is 0.406 e. The average Bonchev–Trinajstić information content (AvgIpc) is 3.32. The minimum Gasteiger partial charge on any atom is -0.406 e. The van der Waals surface area contributed by atoms with Crippen LogP contribution in [0.15, 0.2) is 67.0 Å². The van der Waals surface area contributed by atoms with Crippen LogP contribution in [0.3, 0.4) is 0 Å². The average molecular weight is 373 g/mol. The molecule has 2 heterocycles. The number of rotatable bonds is 4. The first kappa shape index (κ1) is 17.6. The topological polar surface area (TPSA) is 39.1 Å². The van der Waals surface area contributed by atoms with Gasteiger partial charge in [-0.3, -0.25) is 4.68 Å². The van der Waals surface area contributed by atoms with Gasteiger partial charge in [0, 0.05) is 18.3 Å². The maximum Gasteiger partial charge on any atom is 0.573 e. The Hall–Kier alpha value is -2.80. The van der Waals surface area contributed by atoms with Gasteiger partial charge >= 0.3 is 6.36 Å². The van der Waals surface area contributed by atoms with E-state index in [1.165, 1.54) is 17.7 Å². The van der Waals surface area contributed by atoms with Crippen molar-refractivity contribution in [2.75, 3.05) is 13.1 Å². The lowest BCUT2D eigenvalue weighted by Gasteiger charge is -2.29. The highest BCUT2D eigenvalue weighted by atomic mass is 19.4. The fourth-order valence-corrected chi connectivity index (χ4v) is 3.56. The van der Waals surface area contributed by atoms with Gasteiger partial charge in [-0.05, 0) is 36.2 Å². The van der Waals surface area contributed by atoms with Gasteiger partial charge < -0.3 is 10.1 Å². The van der Waals surface area contributed by atoms with Crippen molar-refractivity contribution < 1.29 is 17.9 Å². The molecule has 1 aromatic heterocycles. The molecule has 7 heteroatoms. The Morgan fingerprint density at radius 1 is 1.00 bits per heavy atom. The molecule has 140 valence electrons. The van der Waals surface area contributed by atoms with E-state index < -0.39 is 6.36 Å². The summed E-state index contributed by atoms with van der Waals surface area (Å²) >= 11 is 0. The predicted molar refractivity (Wildman–Crippen MR) is 95.4 cm³/mol. The SMILES string of the molecule is FC(F)(F)Oc1ccc(-c2cnn([C@@]3(c4ccccc4)CCNC3)c2)cc1. The summed E-state index contributed by atoms with van der Waals surface area (Å²) < 4.78 is 42.8. The summed E-state index contributed by atoms with van der Waals surface area (Å²) in [7, 11) is 0. The van der Waals surface area contributed by atoms with Crippen LogP contribution in [0.2, 0.25) is 0 Å². The van der Waals surface area contributed by atoms with Crippen molar-refractivity contribution >= 4 is 0 Å². The highest BCUT2D eigenvalue weighted by Gasteiger charge is 2.38. The van der Waals surface area contributed by atoms with E-state index in [0.717, 1.165) is 30.6 Å². The van der Waals surface area contributed by atoms with Crippen LogP contribution in [-0.4, -0.2) is 29.2 Å². The summed E-state index contributed by atoms with van der Waals surface area (Å²) in [6.07, 6.45) is -0.0946. The molecule has 1 fully saturated rings. The highest BCUT2D eigenvalue weighted by molar-refractivity contribution is 5.62. The van der Waals surface area contributed by atoms with Crippen molar-refractivity contribution in [2.24, 2.45) is 0 Å². The van der Waals surface area contributed by atoms with E-state index in [9.17, 15) is 13.2 Å². The summed E-state index contributed by atoms with van der Waals surface area (Å²) in [6.45, 7) is 1.67. The molecule has 4 rings (SSSR count). The van der Waals surface area contributed by atoms with E-state index in [0.29, 0.717) is 0 Å². The standard InChI is InChI=1S/C20H18F3N3O/c21-20(22,23)27-18-8-6-15(7-9-18)16-12-25-26(13-16)19(10-11-24-14-19)17-4-2-1-3-5-17/h1-9,12-13,24H,10-11,14H2/t19-/m0/s1. The molecule has 0 radical (unpaired) electrons. The fourth-order valence-electron chi connectivity index (χ4n) is 3.56. The van der Waals surface area contributed by atoms with Crippen molar-refractivity contribution in [3.63, 3.8) is 0 Å². The van der Waals surface area contributed by atoms with Crippen molar-refractivity contribution in [2.45, 2.75) is 18.3 Å². The van der Waals surface area contributed by atoms with Crippen LogP contribution in [0, 0.1) is 0 Å². The van der Waals surface area contributed by atoms with Crippen LogP contribution in [-0.2, 0) is 5.54 Å². The molecule has 0 aliphatic carbocycles. The van der Waals surface area contributed by atoms with Gasteiger partial charge in [0.05, 0.1) is 6.20 Å². The first-order valence-corrected chi connectivity index (χ1v) is 8.64. The van der Waals surface area contributed by atoms with Gasteiger partial charge in [0.15, 0.2) is 0 Å². The van der Waals surface area contributed by atoms with Gasteiger partial charge in [-0.2, -0.15) is 5.10 Å². The van der Waals surface area contributed by atoms with Gasteiger partial charge in [0.2, 0.25) is 0 Å². The Kier molecular flexibility index (Phi) is 4.39.